The van der Waals surface area contributed by atoms with Gasteiger partial charge in [-0.15, -0.1) is 0 Å². The first-order chi connectivity index (χ1) is 11.7. The molecule has 0 unspecified atom stereocenters. The molecule has 136 valence electrons. The van der Waals surface area contributed by atoms with E-state index in [1.54, 1.807) is 19.1 Å². The lowest BCUT2D eigenvalue weighted by Gasteiger charge is -2.36. The molecule has 1 fully saturated rings. The van der Waals surface area contributed by atoms with Crippen molar-refractivity contribution in [2.75, 3.05) is 0 Å². The topological polar surface area (TPSA) is 84.6 Å². The number of hydrogen-bond donors (Lipinski definition) is 1. The molecular weight excluding hydrogens is 318 g/mol. The van der Waals surface area contributed by atoms with Crippen LogP contribution in [0.3, 0.4) is 0 Å². The first kappa shape index (κ1) is 19.1. The van der Waals surface area contributed by atoms with Gasteiger partial charge in [-0.05, 0) is 50.0 Å². The van der Waals surface area contributed by atoms with Gasteiger partial charge in [0.2, 0.25) is 0 Å². The molecule has 6 nitrogen and oxygen atoms in total. The fourth-order valence-corrected chi connectivity index (χ4v) is 3.27. The predicted octanol–water partition coefficient (Wildman–Crippen LogP) is 4.62. The quantitative estimate of drug-likeness (QED) is 0.624. The third-order valence-electron chi connectivity index (χ3n) is 5.56. The van der Waals surface area contributed by atoms with Gasteiger partial charge >= 0.3 is 0 Å². The van der Waals surface area contributed by atoms with Crippen molar-refractivity contribution in [3.8, 4) is 0 Å². The van der Waals surface area contributed by atoms with Crippen molar-refractivity contribution in [2.24, 2.45) is 16.4 Å². The Hall–Kier alpha value is -2.24. The van der Waals surface area contributed by atoms with E-state index in [4.69, 9.17) is 0 Å². The number of aryl methyl sites for hydroxylation is 1. The fraction of sp³-hybridized carbons (Fsp3) is 0.579. The number of hydrazone groups is 1. The zero-order valence-corrected chi connectivity index (χ0v) is 15.5. The van der Waals surface area contributed by atoms with E-state index in [1.165, 1.54) is 6.07 Å². The maximum atomic E-state index is 12.2. The minimum atomic E-state index is -0.477. The Morgan fingerprint density at radius 2 is 2.00 bits per heavy atom. The molecule has 25 heavy (non-hydrogen) atoms. The molecule has 0 atom stereocenters. The summed E-state index contributed by atoms with van der Waals surface area (Å²) in [5, 5.41) is 15.2. The number of rotatable bonds is 5. The van der Waals surface area contributed by atoms with Crippen molar-refractivity contribution in [1.82, 2.24) is 5.43 Å². The van der Waals surface area contributed by atoms with Crippen molar-refractivity contribution < 1.29 is 9.72 Å². The van der Waals surface area contributed by atoms with Crippen LogP contribution >= 0.6 is 0 Å². The van der Waals surface area contributed by atoms with Crippen LogP contribution < -0.4 is 5.43 Å². The monoisotopic (exact) mass is 345 g/mol. The van der Waals surface area contributed by atoms with E-state index in [2.05, 4.69) is 31.3 Å². The highest BCUT2D eigenvalue weighted by molar-refractivity contribution is 5.96. The van der Waals surface area contributed by atoms with Gasteiger partial charge in [-0.3, -0.25) is 14.9 Å². The molecule has 1 amide bonds. The lowest BCUT2D eigenvalue weighted by atomic mass is 9.69. The second-order valence-corrected chi connectivity index (χ2v) is 7.49. The molecule has 6 heteroatoms. The number of nitro benzene ring substituents is 1. The average Bonchev–Trinajstić information content (AvgIpc) is 2.60. The summed E-state index contributed by atoms with van der Waals surface area (Å²) in [6.07, 6.45) is 5.12. The first-order valence-electron chi connectivity index (χ1n) is 8.85. The number of hydrogen-bond acceptors (Lipinski definition) is 4. The standard InChI is InChI=1S/C19H27N3O3/c1-5-19(3,4)15-8-10-16(11-9-15)20-21-18(23)14-7-6-13(2)17(12-14)22(24)25/h6-7,12,15H,5,8-11H2,1-4H3,(H,21,23). The van der Waals surface area contributed by atoms with Crippen molar-refractivity contribution in [3.63, 3.8) is 0 Å². The molecule has 0 heterocycles. The Kier molecular flexibility index (Phi) is 5.93. The Labute approximate surface area is 148 Å². The summed E-state index contributed by atoms with van der Waals surface area (Å²) in [7, 11) is 0. The lowest BCUT2D eigenvalue weighted by molar-refractivity contribution is -0.385. The zero-order valence-electron chi connectivity index (χ0n) is 15.5. The van der Waals surface area contributed by atoms with E-state index in [-0.39, 0.29) is 11.3 Å². The van der Waals surface area contributed by atoms with Crippen LogP contribution in [0.2, 0.25) is 0 Å². The highest BCUT2D eigenvalue weighted by Gasteiger charge is 2.30. The number of benzene rings is 1. The second kappa shape index (κ2) is 7.76. The van der Waals surface area contributed by atoms with Crippen molar-refractivity contribution >= 4 is 17.3 Å². The number of nitro groups is 1. The van der Waals surface area contributed by atoms with Crippen LogP contribution in [0.4, 0.5) is 5.69 Å². The zero-order chi connectivity index (χ0) is 18.6. The Morgan fingerprint density at radius 3 is 2.56 bits per heavy atom. The highest BCUT2D eigenvalue weighted by atomic mass is 16.6. The van der Waals surface area contributed by atoms with E-state index >= 15 is 0 Å². The van der Waals surface area contributed by atoms with E-state index < -0.39 is 10.8 Å². The summed E-state index contributed by atoms with van der Waals surface area (Å²) in [4.78, 5) is 22.7. The Morgan fingerprint density at radius 1 is 1.36 bits per heavy atom. The molecule has 0 saturated heterocycles. The molecule has 0 aliphatic heterocycles. The molecule has 2 rings (SSSR count). The molecule has 0 spiro atoms. The molecular formula is C19H27N3O3. The number of carbonyl (C=O) groups excluding carboxylic acids is 1. The number of nitrogens with one attached hydrogen (secondary N) is 1. The van der Waals surface area contributed by atoms with Crippen LogP contribution in [0.5, 0.6) is 0 Å². The third kappa shape index (κ3) is 4.65. The van der Waals surface area contributed by atoms with Crippen LogP contribution in [0, 0.1) is 28.4 Å². The van der Waals surface area contributed by atoms with Gasteiger partial charge in [-0.25, -0.2) is 5.43 Å². The summed E-state index contributed by atoms with van der Waals surface area (Å²) in [6, 6.07) is 4.46. The van der Waals surface area contributed by atoms with Crippen molar-refractivity contribution in [1.29, 1.82) is 0 Å². The van der Waals surface area contributed by atoms with Crippen molar-refractivity contribution in [3.05, 3.63) is 39.4 Å². The summed E-state index contributed by atoms with van der Waals surface area (Å²) >= 11 is 0. The number of amides is 1. The molecule has 1 aromatic carbocycles. The predicted molar refractivity (Wildman–Crippen MR) is 98.8 cm³/mol. The minimum Gasteiger partial charge on any atom is -0.267 e. The highest BCUT2D eigenvalue weighted by Crippen LogP contribution is 2.39. The van der Waals surface area contributed by atoms with E-state index in [0.29, 0.717) is 16.9 Å². The van der Waals surface area contributed by atoms with Gasteiger partial charge in [-0.1, -0.05) is 33.3 Å². The Balaban J connectivity index is 1.98. The van der Waals surface area contributed by atoms with Crippen LogP contribution in [-0.4, -0.2) is 16.5 Å². The number of carbonyl (C=O) groups is 1. The van der Waals surface area contributed by atoms with Gasteiger partial charge < -0.3 is 0 Å². The van der Waals surface area contributed by atoms with Crippen LogP contribution in [0.25, 0.3) is 0 Å². The molecule has 1 aliphatic carbocycles. The van der Waals surface area contributed by atoms with Crippen LogP contribution in [0.15, 0.2) is 23.3 Å². The SMILES string of the molecule is CCC(C)(C)C1CCC(=NNC(=O)c2ccc(C)c([N+](=O)[O-])c2)CC1. The molecule has 0 aromatic heterocycles. The van der Waals surface area contributed by atoms with Gasteiger partial charge in [0.05, 0.1) is 4.92 Å². The van der Waals surface area contributed by atoms with E-state index in [1.807, 2.05) is 0 Å². The number of nitrogens with zero attached hydrogens (tertiary/aromatic N) is 2. The van der Waals surface area contributed by atoms with Gasteiger partial charge in [-0.2, -0.15) is 5.10 Å². The van der Waals surface area contributed by atoms with E-state index in [9.17, 15) is 14.9 Å². The van der Waals surface area contributed by atoms with Crippen LogP contribution in [0.1, 0.15) is 68.8 Å². The largest absolute Gasteiger partial charge is 0.273 e. The van der Waals surface area contributed by atoms with Gasteiger partial charge in [0.15, 0.2) is 0 Å². The lowest BCUT2D eigenvalue weighted by Crippen LogP contribution is -2.29. The summed E-state index contributed by atoms with van der Waals surface area (Å²) in [5.41, 5.74) is 4.62. The maximum Gasteiger partial charge on any atom is 0.273 e. The molecule has 0 radical (unpaired) electrons. The Bertz CT molecular complexity index is 685. The van der Waals surface area contributed by atoms with Gasteiger partial charge in [0.25, 0.3) is 11.6 Å². The van der Waals surface area contributed by atoms with Crippen LogP contribution in [-0.2, 0) is 0 Å². The molecule has 0 bridgehead atoms. The van der Waals surface area contributed by atoms with E-state index in [0.717, 1.165) is 37.8 Å². The summed E-state index contributed by atoms with van der Waals surface area (Å²) in [5.74, 6) is 0.276. The van der Waals surface area contributed by atoms with Gasteiger partial charge in [0, 0.05) is 22.9 Å². The smallest absolute Gasteiger partial charge is 0.267 e. The summed E-state index contributed by atoms with van der Waals surface area (Å²) < 4.78 is 0. The van der Waals surface area contributed by atoms with Gasteiger partial charge in [0.1, 0.15) is 0 Å². The fourth-order valence-electron chi connectivity index (χ4n) is 3.27. The maximum absolute atomic E-state index is 12.2. The molecule has 1 aromatic rings. The molecule has 1 saturated carbocycles. The second-order valence-electron chi connectivity index (χ2n) is 7.49. The summed E-state index contributed by atoms with van der Waals surface area (Å²) in [6.45, 7) is 8.50. The molecule has 1 aliphatic rings. The third-order valence-corrected chi connectivity index (χ3v) is 5.56. The normalized spacial score (nSPS) is 17.9. The minimum absolute atomic E-state index is 0.0531. The van der Waals surface area contributed by atoms with Crippen molar-refractivity contribution in [2.45, 2.75) is 59.8 Å². The first-order valence-corrected chi connectivity index (χ1v) is 8.85. The average molecular weight is 345 g/mol. The molecule has 1 N–H and O–H groups in total.